The molecule has 5 rings (SSSR count). The lowest BCUT2D eigenvalue weighted by Gasteiger charge is -2.35. The Balaban J connectivity index is 1.28. The minimum absolute atomic E-state index is 0.190. The molecule has 156 valence electrons. The first kappa shape index (κ1) is 19.5. The van der Waals surface area contributed by atoms with Crippen molar-refractivity contribution in [2.45, 2.75) is 32.0 Å². The maximum Gasteiger partial charge on any atom is 0.199 e. The van der Waals surface area contributed by atoms with E-state index in [1.165, 1.54) is 30.5 Å². The van der Waals surface area contributed by atoms with Crippen molar-refractivity contribution in [2.75, 3.05) is 31.1 Å². The summed E-state index contributed by atoms with van der Waals surface area (Å²) in [4.78, 5) is 4.70. The maximum absolute atomic E-state index is 13.2. The number of hydrogen-bond acceptors (Lipinski definition) is 4. The molecule has 1 aliphatic carbocycles. The number of hydrogen-bond donors (Lipinski definition) is 0. The third-order valence-electron chi connectivity index (χ3n) is 5.98. The van der Waals surface area contributed by atoms with Crippen molar-refractivity contribution in [1.82, 2.24) is 19.2 Å². The predicted octanol–water partition coefficient (Wildman–Crippen LogP) is 4.26. The molecule has 0 atom stereocenters. The van der Waals surface area contributed by atoms with Gasteiger partial charge in [-0.2, -0.15) is 5.10 Å². The molecule has 0 bridgehead atoms. The number of halogens is 1. The summed E-state index contributed by atoms with van der Waals surface area (Å²) in [5.41, 5.74) is 2.33. The number of aromatic nitrogens is 3. The minimum Gasteiger partial charge on any atom is -0.369 e. The van der Waals surface area contributed by atoms with Crippen LogP contribution >= 0.6 is 12.2 Å². The molecule has 0 N–H and O–H groups in total. The fraction of sp³-hybridized carbons (Fsp3) is 0.391. The molecule has 2 heterocycles. The Morgan fingerprint density at radius 1 is 0.933 bits per heavy atom. The Morgan fingerprint density at radius 3 is 2.30 bits per heavy atom. The fourth-order valence-electron chi connectivity index (χ4n) is 4.10. The van der Waals surface area contributed by atoms with Crippen LogP contribution in [0.15, 0.2) is 54.6 Å². The molecule has 2 aliphatic rings. The summed E-state index contributed by atoms with van der Waals surface area (Å²) in [5.74, 6) is 1.49. The van der Waals surface area contributed by atoms with Crippen LogP contribution in [0.1, 0.15) is 30.1 Å². The fourth-order valence-corrected chi connectivity index (χ4v) is 4.35. The minimum atomic E-state index is -0.190. The average molecular weight is 424 g/mol. The van der Waals surface area contributed by atoms with Gasteiger partial charge in [0.2, 0.25) is 0 Å². The normalized spacial score (nSPS) is 17.4. The summed E-state index contributed by atoms with van der Waals surface area (Å²) in [6.45, 7) is 5.20. The molecular formula is C23H26FN5S. The molecule has 0 amide bonds. The lowest BCUT2D eigenvalue weighted by molar-refractivity contribution is 0.194. The van der Waals surface area contributed by atoms with E-state index >= 15 is 0 Å². The molecule has 1 aliphatic heterocycles. The van der Waals surface area contributed by atoms with E-state index < -0.39 is 0 Å². The second-order valence-corrected chi connectivity index (χ2v) is 8.57. The van der Waals surface area contributed by atoms with Gasteiger partial charge in [0.25, 0.3) is 0 Å². The van der Waals surface area contributed by atoms with Gasteiger partial charge < -0.3 is 4.90 Å². The third kappa shape index (κ3) is 4.18. The molecule has 30 heavy (non-hydrogen) atoms. The van der Waals surface area contributed by atoms with Crippen molar-refractivity contribution in [2.24, 2.45) is 0 Å². The molecule has 0 unspecified atom stereocenters. The lowest BCUT2D eigenvalue weighted by atomic mass is 10.2. The van der Waals surface area contributed by atoms with Crippen LogP contribution in [0.25, 0.3) is 0 Å². The second kappa shape index (κ2) is 8.32. The third-order valence-corrected chi connectivity index (χ3v) is 6.41. The number of rotatable bonds is 6. The first-order valence-electron chi connectivity index (χ1n) is 10.6. The molecule has 2 fully saturated rings. The van der Waals surface area contributed by atoms with Crippen molar-refractivity contribution >= 4 is 17.9 Å². The van der Waals surface area contributed by atoms with E-state index in [4.69, 9.17) is 17.3 Å². The van der Waals surface area contributed by atoms with Gasteiger partial charge in [0, 0.05) is 37.8 Å². The van der Waals surface area contributed by atoms with Gasteiger partial charge >= 0.3 is 0 Å². The van der Waals surface area contributed by atoms with Crippen LogP contribution in [0, 0.1) is 10.6 Å². The van der Waals surface area contributed by atoms with Crippen molar-refractivity contribution < 1.29 is 4.39 Å². The first-order valence-corrected chi connectivity index (χ1v) is 11.0. The van der Waals surface area contributed by atoms with Crippen LogP contribution in [-0.2, 0) is 13.2 Å². The van der Waals surface area contributed by atoms with E-state index in [0.717, 1.165) is 55.7 Å². The van der Waals surface area contributed by atoms with E-state index in [1.807, 2.05) is 22.9 Å². The predicted molar refractivity (Wildman–Crippen MR) is 119 cm³/mol. The van der Waals surface area contributed by atoms with Gasteiger partial charge in [0.15, 0.2) is 4.77 Å². The van der Waals surface area contributed by atoms with Crippen LogP contribution in [0.3, 0.4) is 0 Å². The Kier molecular flexibility index (Phi) is 5.39. The zero-order valence-corrected chi connectivity index (χ0v) is 17.8. The number of anilines is 1. The standard InChI is InChI=1S/C23H26FN5S/c24-20-8-10-21(11-9-20)27-14-12-26(13-15-27)17-29-23(30)28(22(25-29)19-6-7-19)16-18-4-2-1-3-5-18/h1-5,8-11,19H,6-7,12-17H2. The lowest BCUT2D eigenvalue weighted by Crippen LogP contribution is -2.47. The van der Waals surface area contributed by atoms with Crippen LogP contribution in [-0.4, -0.2) is 45.4 Å². The molecular weight excluding hydrogens is 397 g/mol. The van der Waals surface area contributed by atoms with Crippen molar-refractivity contribution in [1.29, 1.82) is 0 Å². The smallest absolute Gasteiger partial charge is 0.199 e. The van der Waals surface area contributed by atoms with Crippen LogP contribution in [0.2, 0.25) is 0 Å². The quantitative estimate of drug-likeness (QED) is 0.554. The molecule has 2 aromatic carbocycles. The van der Waals surface area contributed by atoms with E-state index in [2.05, 4.69) is 38.6 Å². The summed E-state index contributed by atoms with van der Waals surface area (Å²) in [5, 5.41) is 4.93. The van der Waals surface area contributed by atoms with E-state index in [-0.39, 0.29) is 5.82 Å². The Bertz CT molecular complexity index is 1050. The van der Waals surface area contributed by atoms with Gasteiger partial charge in [-0.05, 0) is 54.9 Å². The van der Waals surface area contributed by atoms with Crippen LogP contribution < -0.4 is 4.90 Å². The summed E-state index contributed by atoms with van der Waals surface area (Å²) in [7, 11) is 0. The largest absolute Gasteiger partial charge is 0.369 e. The summed E-state index contributed by atoms with van der Waals surface area (Å²) in [6.07, 6.45) is 2.41. The Morgan fingerprint density at radius 2 is 1.63 bits per heavy atom. The molecule has 5 nitrogen and oxygen atoms in total. The van der Waals surface area contributed by atoms with Crippen molar-refractivity contribution in [3.63, 3.8) is 0 Å². The molecule has 1 saturated carbocycles. The van der Waals surface area contributed by atoms with Crippen molar-refractivity contribution in [3.8, 4) is 0 Å². The highest BCUT2D eigenvalue weighted by Crippen LogP contribution is 2.39. The van der Waals surface area contributed by atoms with Crippen LogP contribution in [0.4, 0.5) is 10.1 Å². The maximum atomic E-state index is 13.2. The second-order valence-electron chi connectivity index (χ2n) is 8.21. The first-order chi connectivity index (χ1) is 14.7. The van der Waals surface area contributed by atoms with E-state index in [9.17, 15) is 4.39 Å². The molecule has 1 aromatic heterocycles. The zero-order chi connectivity index (χ0) is 20.5. The highest BCUT2D eigenvalue weighted by molar-refractivity contribution is 7.71. The highest BCUT2D eigenvalue weighted by Gasteiger charge is 2.30. The van der Waals surface area contributed by atoms with Gasteiger partial charge in [-0.3, -0.25) is 9.47 Å². The van der Waals surface area contributed by atoms with Gasteiger partial charge in [-0.1, -0.05) is 30.3 Å². The topological polar surface area (TPSA) is 29.2 Å². The summed E-state index contributed by atoms with van der Waals surface area (Å²) < 4.78 is 18.2. The molecule has 0 radical (unpaired) electrons. The van der Waals surface area contributed by atoms with E-state index in [1.54, 1.807) is 0 Å². The molecule has 1 saturated heterocycles. The van der Waals surface area contributed by atoms with Gasteiger partial charge in [0.05, 0.1) is 13.2 Å². The Hall–Kier alpha value is -2.51. The number of piperazine rings is 1. The van der Waals surface area contributed by atoms with Crippen molar-refractivity contribution in [3.05, 3.63) is 76.6 Å². The van der Waals surface area contributed by atoms with Crippen LogP contribution in [0.5, 0.6) is 0 Å². The summed E-state index contributed by atoms with van der Waals surface area (Å²) in [6, 6.07) is 17.2. The molecule has 0 spiro atoms. The zero-order valence-electron chi connectivity index (χ0n) is 17.0. The molecule has 7 heteroatoms. The molecule has 3 aromatic rings. The van der Waals surface area contributed by atoms with Gasteiger partial charge in [0.1, 0.15) is 11.6 Å². The van der Waals surface area contributed by atoms with Gasteiger partial charge in [-0.25, -0.2) is 9.07 Å². The SMILES string of the molecule is Fc1ccc(N2CCN(Cn3nc(C4CC4)n(Cc4ccccc4)c3=S)CC2)cc1. The number of nitrogens with zero attached hydrogens (tertiary/aromatic N) is 5. The monoisotopic (exact) mass is 423 g/mol. The van der Waals surface area contributed by atoms with Gasteiger partial charge in [-0.15, -0.1) is 0 Å². The summed E-state index contributed by atoms with van der Waals surface area (Å²) >= 11 is 5.83. The Labute approximate surface area is 181 Å². The average Bonchev–Trinajstić information content (AvgIpc) is 3.58. The highest BCUT2D eigenvalue weighted by atomic mass is 32.1. The van der Waals surface area contributed by atoms with E-state index in [0.29, 0.717) is 5.92 Å². The number of benzene rings is 2.